The molecule has 0 saturated carbocycles. The SMILES string of the molecule is Cc1ccc([NH2+][O-])c(C)c1. The number of benzene rings is 1. The Labute approximate surface area is 60.5 Å². The van der Waals surface area contributed by atoms with Crippen LogP contribution in [0.4, 0.5) is 5.69 Å². The van der Waals surface area contributed by atoms with E-state index in [1.54, 1.807) is 0 Å². The molecule has 0 radical (unpaired) electrons. The van der Waals surface area contributed by atoms with Crippen LogP contribution in [0.1, 0.15) is 11.1 Å². The minimum Gasteiger partial charge on any atom is -0.630 e. The first-order chi connectivity index (χ1) is 4.74. The zero-order chi connectivity index (χ0) is 7.56. The smallest absolute Gasteiger partial charge is 0.132 e. The van der Waals surface area contributed by atoms with E-state index in [0.29, 0.717) is 0 Å². The van der Waals surface area contributed by atoms with Crippen molar-refractivity contribution in [2.75, 3.05) is 0 Å². The van der Waals surface area contributed by atoms with Crippen molar-refractivity contribution in [3.05, 3.63) is 34.5 Å². The predicted octanol–water partition coefficient (Wildman–Crippen LogP) is 0.996. The Hall–Kier alpha value is -0.860. The summed E-state index contributed by atoms with van der Waals surface area (Å²) in [6, 6.07) is 5.79. The molecular weight excluding hydrogens is 126 g/mol. The zero-order valence-corrected chi connectivity index (χ0v) is 6.22. The van der Waals surface area contributed by atoms with Crippen molar-refractivity contribution in [1.29, 1.82) is 0 Å². The first-order valence-corrected chi connectivity index (χ1v) is 3.26. The number of nitrogens with two attached hydrogens (primary N) is 1. The molecule has 0 atom stereocenters. The summed E-state index contributed by atoms with van der Waals surface area (Å²) in [5, 5.41) is 10.3. The maximum absolute atomic E-state index is 10.3. The number of rotatable bonds is 1. The molecule has 2 N–H and O–H groups in total. The lowest BCUT2D eigenvalue weighted by Gasteiger charge is -2.04. The van der Waals surface area contributed by atoms with Gasteiger partial charge < -0.3 is 10.7 Å². The molecule has 0 bridgehead atoms. The van der Waals surface area contributed by atoms with E-state index in [2.05, 4.69) is 0 Å². The molecule has 0 aliphatic rings. The second-order valence-electron chi connectivity index (χ2n) is 2.48. The van der Waals surface area contributed by atoms with Gasteiger partial charge in [-0.15, -0.1) is 0 Å². The summed E-state index contributed by atoms with van der Waals surface area (Å²) in [6.45, 7) is 3.96. The molecule has 1 aromatic rings. The molecule has 0 saturated heterocycles. The third kappa shape index (κ3) is 1.35. The van der Waals surface area contributed by atoms with Gasteiger partial charge in [-0.3, -0.25) is 0 Å². The molecule has 2 heteroatoms. The topological polar surface area (TPSA) is 39.7 Å². The highest BCUT2D eigenvalue weighted by Crippen LogP contribution is 2.09. The maximum Gasteiger partial charge on any atom is 0.132 e. The largest absolute Gasteiger partial charge is 0.630 e. The van der Waals surface area contributed by atoms with E-state index < -0.39 is 0 Å². The lowest BCUT2D eigenvalue weighted by atomic mass is 10.1. The first kappa shape index (κ1) is 7.25. The van der Waals surface area contributed by atoms with Gasteiger partial charge in [0.2, 0.25) is 0 Å². The van der Waals surface area contributed by atoms with Crippen LogP contribution in [0.5, 0.6) is 0 Å². The van der Waals surface area contributed by atoms with Gasteiger partial charge in [-0.25, -0.2) is 0 Å². The number of quaternary nitrogens is 1. The average molecular weight is 137 g/mol. The molecule has 0 heterocycles. The fourth-order valence-corrected chi connectivity index (χ4v) is 0.958. The number of hydrogen-bond donors (Lipinski definition) is 1. The summed E-state index contributed by atoms with van der Waals surface area (Å²) in [5.41, 5.74) is 3.91. The first-order valence-electron chi connectivity index (χ1n) is 3.26. The Bertz CT molecular complexity index is 233. The van der Waals surface area contributed by atoms with Crippen molar-refractivity contribution in [2.45, 2.75) is 13.8 Å². The molecular formula is C8H11NO. The molecule has 0 fully saturated rings. The van der Waals surface area contributed by atoms with Crippen LogP contribution in [0.2, 0.25) is 0 Å². The summed E-state index contributed by atoms with van der Waals surface area (Å²) in [6.07, 6.45) is 0. The fourth-order valence-electron chi connectivity index (χ4n) is 0.958. The molecule has 1 aromatic carbocycles. The van der Waals surface area contributed by atoms with Gasteiger partial charge in [0.05, 0.1) is 0 Å². The molecule has 0 aromatic heterocycles. The molecule has 0 aliphatic heterocycles. The van der Waals surface area contributed by atoms with Crippen molar-refractivity contribution in [3.8, 4) is 0 Å². The summed E-state index contributed by atoms with van der Waals surface area (Å²) < 4.78 is 0. The van der Waals surface area contributed by atoms with E-state index in [-0.39, 0.29) is 0 Å². The van der Waals surface area contributed by atoms with Crippen molar-refractivity contribution in [2.24, 2.45) is 0 Å². The van der Waals surface area contributed by atoms with Crippen LogP contribution in [-0.2, 0) is 0 Å². The monoisotopic (exact) mass is 137 g/mol. The summed E-state index contributed by atoms with van der Waals surface area (Å²) in [7, 11) is 0. The van der Waals surface area contributed by atoms with E-state index in [9.17, 15) is 5.21 Å². The van der Waals surface area contributed by atoms with Crippen LogP contribution >= 0.6 is 0 Å². The minimum atomic E-state index is 0.783. The van der Waals surface area contributed by atoms with E-state index in [1.165, 1.54) is 5.56 Å². The van der Waals surface area contributed by atoms with Crippen molar-refractivity contribution < 1.29 is 5.48 Å². The Morgan fingerprint density at radius 3 is 2.50 bits per heavy atom. The van der Waals surface area contributed by atoms with E-state index >= 15 is 0 Å². The zero-order valence-electron chi connectivity index (χ0n) is 6.22. The molecule has 54 valence electrons. The van der Waals surface area contributed by atoms with Gasteiger partial charge in [-0.1, -0.05) is 17.7 Å². The van der Waals surface area contributed by atoms with Crippen LogP contribution < -0.4 is 5.48 Å². The lowest BCUT2D eigenvalue weighted by molar-refractivity contribution is -0.497. The second kappa shape index (κ2) is 2.82. The molecule has 0 unspecified atom stereocenters. The second-order valence-corrected chi connectivity index (χ2v) is 2.48. The van der Waals surface area contributed by atoms with E-state index in [0.717, 1.165) is 16.7 Å². The Kier molecular flexibility index (Phi) is 2.04. The molecule has 0 spiro atoms. The van der Waals surface area contributed by atoms with Crippen LogP contribution in [-0.4, -0.2) is 0 Å². The number of hydrogen-bond acceptors (Lipinski definition) is 1. The summed E-state index contributed by atoms with van der Waals surface area (Å²) in [4.78, 5) is 0. The summed E-state index contributed by atoms with van der Waals surface area (Å²) >= 11 is 0. The molecule has 1 rings (SSSR count). The highest BCUT2D eigenvalue weighted by molar-refractivity contribution is 5.40. The van der Waals surface area contributed by atoms with Gasteiger partial charge in [0.25, 0.3) is 0 Å². The van der Waals surface area contributed by atoms with Gasteiger partial charge in [-0.2, -0.15) is 0 Å². The lowest BCUT2D eigenvalue weighted by Crippen LogP contribution is -2.70. The minimum absolute atomic E-state index is 0.783. The maximum atomic E-state index is 10.3. The third-order valence-corrected chi connectivity index (χ3v) is 1.55. The van der Waals surface area contributed by atoms with Crippen molar-refractivity contribution in [1.82, 2.24) is 0 Å². The standard InChI is InChI=1S/C8H11NO/c1-6-3-4-8(9-10)7(2)5-6/h3-5H,9H2,1-2H3. The molecule has 2 nitrogen and oxygen atoms in total. The Balaban J connectivity index is 3.07. The van der Waals surface area contributed by atoms with Crippen molar-refractivity contribution in [3.63, 3.8) is 0 Å². The summed E-state index contributed by atoms with van der Waals surface area (Å²) in [5.74, 6) is 0. The van der Waals surface area contributed by atoms with E-state index in [4.69, 9.17) is 0 Å². The highest BCUT2D eigenvalue weighted by Gasteiger charge is 1.95. The highest BCUT2D eigenvalue weighted by atomic mass is 16.5. The van der Waals surface area contributed by atoms with Crippen LogP contribution in [0.15, 0.2) is 18.2 Å². The quantitative estimate of drug-likeness (QED) is 0.455. The average Bonchev–Trinajstić information content (AvgIpc) is 1.88. The van der Waals surface area contributed by atoms with Gasteiger partial charge in [-0.05, 0) is 19.9 Å². The third-order valence-electron chi connectivity index (χ3n) is 1.55. The molecule has 0 aliphatic carbocycles. The van der Waals surface area contributed by atoms with Crippen LogP contribution in [0.25, 0.3) is 0 Å². The Morgan fingerprint density at radius 1 is 1.30 bits per heavy atom. The van der Waals surface area contributed by atoms with Crippen LogP contribution in [0.3, 0.4) is 0 Å². The van der Waals surface area contributed by atoms with Gasteiger partial charge in [0.15, 0.2) is 0 Å². The molecule has 10 heavy (non-hydrogen) atoms. The van der Waals surface area contributed by atoms with Gasteiger partial charge in [0.1, 0.15) is 5.69 Å². The van der Waals surface area contributed by atoms with Gasteiger partial charge >= 0.3 is 0 Å². The van der Waals surface area contributed by atoms with E-state index in [1.807, 2.05) is 32.0 Å². The fraction of sp³-hybridized carbons (Fsp3) is 0.250. The predicted molar refractivity (Wildman–Crippen MR) is 40.9 cm³/mol. The molecule has 0 amide bonds. The van der Waals surface area contributed by atoms with Crippen LogP contribution in [0, 0.1) is 19.1 Å². The number of aryl methyl sites for hydroxylation is 2. The normalized spacial score (nSPS) is 9.90. The van der Waals surface area contributed by atoms with Crippen molar-refractivity contribution >= 4 is 5.69 Å². The van der Waals surface area contributed by atoms with Gasteiger partial charge in [0, 0.05) is 5.56 Å². The Morgan fingerprint density at radius 2 is 2.00 bits per heavy atom.